The van der Waals surface area contributed by atoms with Gasteiger partial charge in [0.05, 0.1) is 11.1 Å². The SMILES string of the molecule is Cc1ccc(C)c(NC(=O)C(OC(=O)CCCN2C(=O)c3ccccc3C2=O)c2ccccc2)c1. The molecule has 7 heteroatoms. The Labute approximate surface area is 203 Å². The van der Waals surface area contributed by atoms with Gasteiger partial charge in [0.2, 0.25) is 6.10 Å². The van der Waals surface area contributed by atoms with Crippen molar-refractivity contribution in [2.75, 3.05) is 11.9 Å². The molecule has 0 fully saturated rings. The number of hydrogen-bond acceptors (Lipinski definition) is 5. The zero-order chi connectivity index (χ0) is 24.9. The summed E-state index contributed by atoms with van der Waals surface area (Å²) in [6.45, 7) is 3.90. The van der Waals surface area contributed by atoms with Crippen molar-refractivity contribution in [2.24, 2.45) is 0 Å². The summed E-state index contributed by atoms with van der Waals surface area (Å²) in [5.41, 5.74) is 3.82. The van der Waals surface area contributed by atoms with Crippen molar-refractivity contribution >= 4 is 29.4 Å². The molecule has 0 saturated carbocycles. The predicted octanol–water partition coefficient (Wildman–Crippen LogP) is 4.60. The molecule has 35 heavy (non-hydrogen) atoms. The molecule has 0 radical (unpaired) electrons. The fraction of sp³-hybridized carbons (Fsp3) is 0.214. The first kappa shape index (κ1) is 23.9. The normalized spacial score (nSPS) is 13.4. The number of anilines is 1. The molecule has 1 atom stereocenters. The number of carbonyl (C=O) groups excluding carboxylic acids is 4. The Bertz CT molecular complexity index is 1250. The number of ether oxygens (including phenoxy) is 1. The summed E-state index contributed by atoms with van der Waals surface area (Å²) in [6.07, 6.45) is -0.958. The largest absolute Gasteiger partial charge is 0.447 e. The molecule has 0 saturated heterocycles. The third-order valence-electron chi connectivity index (χ3n) is 5.88. The van der Waals surface area contributed by atoms with Gasteiger partial charge in [0, 0.05) is 24.2 Å². The first-order valence-corrected chi connectivity index (χ1v) is 11.4. The van der Waals surface area contributed by atoms with Crippen LogP contribution in [0.3, 0.4) is 0 Å². The number of aryl methyl sites for hydroxylation is 2. The quantitative estimate of drug-likeness (QED) is 0.384. The number of nitrogens with one attached hydrogen (secondary N) is 1. The van der Waals surface area contributed by atoms with Crippen LogP contribution in [0.2, 0.25) is 0 Å². The molecule has 7 nitrogen and oxygen atoms in total. The van der Waals surface area contributed by atoms with Gasteiger partial charge >= 0.3 is 5.97 Å². The average Bonchev–Trinajstić information content (AvgIpc) is 3.10. The van der Waals surface area contributed by atoms with Crippen LogP contribution >= 0.6 is 0 Å². The highest BCUT2D eigenvalue weighted by Crippen LogP contribution is 2.25. The molecule has 0 spiro atoms. The van der Waals surface area contributed by atoms with Crippen LogP contribution < -0.4 is 5.32 Å². The molecule has 1 unspecified atom stereocenters. The van der Waals surface area contributed by atoms with Gasteiger partial charge in [0.15, 0.2) is 0 Å². The molecule has 1 heterocycles. The van der Waals surface area contributed by atoms with Gasteiger partial charge in [-0.1, -0.05) is 54.6 Å². The van der Waals surface area contributed by atoms with Gasteiger partial charge in [-0.25, -0.2) is 0 Å². The van der Waals surface area contributed by atoms with E-state index in [1.807, 2.05) is 38.1 Å². The summed E-state index contributed by atoms with van der Waals surface area (Å²) in [5, 5.41) is 2.86. The molecule has 1 aliphatic rings. The van der Waals surface area contributed by atoms with Crippen LogP contribution in [-0.4, -0.2) is 35.1 Å². The van der Waals surface area contributed by atoms with E-state index in [9.17, 15) is 19.2 Å². The predicted molar refractivity (Wildman–Crippen MR) is 131 cm³/mol. The first-order valence-electron chi connectivity index (χ1n) is 11.4. The second kappa shape index (κ2) is 10.3. The van der Waals surface area contributed by atoms with Crippen LogP contribution in [0.4, 0.5) is 5.69 Å². The lowest BCUT2D eigenvalue weighted by Crippen LogP contribution is -2.31. The summed E-state index contributed by atoms with van der Waals surface area (Å²) in [5.74, 6) is -1.78. The van der Waals surface area contributed by atoms with E-state index in [1.54, 1.807) is 48.5 Å². The Morgan fingerprint density at radius 1 is 0.886 bits per heavy atom. The van der Waals surface area contributed by atoms with Gasteiger partial charge in [0.1, 0.15) is 0 Å². The fourth-order valence-corrected chi connectivity index (χ4v) is 3.98. The zero-order valence-corrected chi connectivity index (χ0v) is 19.6. The van der Waals surface area contributed by atoms with Crippen molar-refractivity contribution in [1.29, 1.82) is 0 Å². The molecule has 1 N–H and O–H groups in total. The van der Waals surface area contributed by atoms with Crippen LogP contribution in [-0.2, 0) is 14.3 Å². The van der Waals surface area contributed by atoms with Crippen molar-refractivity contribution in [1.82, 2.24) is 4.90 Å². The number of esters is 1. The molecule has 3 aromatic carbocycles. The van der Waals surface area contributed by atoms with E-state index >= 15 is 0 Å². The maximum Gasteiger partial charge on any atom is 0.306 e. The fourth-order valence-electron chi connectivity index (χ4n) is 3.98. The van der Waals surface area contributed by atoms with Gasteiger partial charge < -0.3 is 10.1 Å². The third kappa shape index (κ3) is 5.30. The van der Waals surface area contributed by atoms with E-state index in [0.29, 0.717) is 22.4 Å². The molecule has 3 amide bonds. The minimum absolute atomic E-state index is 0.0481. The van der Waals surface area contributed by atoms with Crippen molar-refractivity contribution in [3.63, 3.8) is 0 Å². The molecule has 4 rings (SSSR count). The number of hydrogen-bond donors (Lipinski definition) is 1. The number of rotatable bonds is 8. The second-order valence-corrected chi connectivity index (χ2v) is 8.50. The van der Waals surface area contributed by atoms with Gasteiger partial charge in [-0.05, 0) is 49.6 Å². The first-order chi connectivity index (χ1) is 16.8. The summed E-state index contributed by atoms with van der Waals surface area (Å²) >= 11 is 0. The standard InChI is InChI=1S/C28H26N2O5/c1-18-14-15-19(2)23(17-18)29-26(32)25(20-9-4-3-5-10-20)35-24(31)13-8-16-30-27(33)21-11-6-7-12-22(21)28(30)34/h3-7,9-12,14-15,17,25H,8,13,16H2,1-2H3,(H,29,32). The number of imide groups is 1. The average molecular weight is 471 g/mol. The van der Waals surface area contributed by atoms with Crippen molar-refractivity contribution in [3.05, 3.63) is 101 Å². The number of nitrogens with zero attached hydrogens (tertiary/aromatic N) is 1. The van der Waals surface area contributed by atoms with Gasteiger partial charge in [0.25, 0.3) is 17.7 Å². The highest BCUT2D eigenvalue weighted by Gasteiger charge is 2.34. The van der Waals surface area contributed by atoms with E-state index in [-0.39, 0.29) is 31.2 Å². The molecule has 3 aromatic rings. The number of fused-ring (bicyclic) bond motifs is 1. The zero-order valence-electron chi connectivity index (χ0n) is 19.6. The lowest BCUT2D eigenvalue weighted by molar-refractivity contribution is -0.154. The summed E-state index contributed by atoms with van der Waals surface area (Å²) in [7, 11) is 0. The van der Waals surface area contributed by atoms with E-state index in [1.165, 1.54) is 0 Å². The molecular formula is C28H26N2O5. The Morgan fingerprint density at radius 2 is 1.51 bits per heavy atom. The van der Waals surface area contributed by atoms with Crippen molar-refractivity contribution in [2.45, 2.75) is 32.8 Å². The number of carbonyl (C=O) groups is 4. The van der Waals surface area contributed by atoms with Crippen molar-refractivity contribution < 1.29 is 23.9 Å². The Kier molecular flexibility index (Phi) is 7.06. The highest BCUT2D eigenvalue weighted by atomic mass is 16.5. The van der Waals surface area contributed by atoms with Crippen molar-refractivity contribution in [3.8, 4) is 0 Å². The van der Waals surface area contributed by atoms with E-state index < -0.39 is 18.0 Å². The van der Waals surface area contributed by atoms with Crippen LogP contribution in [0.25, 0.3) is 0 Å². The second-order valence-electron chi connectivity index (χ2n) is 8.50. The third-order valence-corrected chi connectivity index (χ3v) is 5.88. The topological polar surface area (TPSA) is 92.8 Å². The molecule has 0 bridgehead atoms. The summed E-state index contributed by atoms with van der Waals surface area (Å²) < 4.78 is 5.58. The van der Waals surface area contributed by atoms with Gasteiger partial charge in [-0.3, -0.25) is 24.1 Å². The summed E-state index contributed by atoms with van der Waals surface area (Å²) in [6, 6.07) is 21.2. The maximum absolute atomic E-state index is 13.1. The number of amides is 3. The summed E-state index contributed by atoms with van der Waals surface area (Å²) in [4.78, 5) is 51.9. The molecule has 178 valence electrons. The highest BCUT2D eigenvalue weighted by molar-refractivity contribution is 6.21. The van der Waals surface area contributed by atoms with Crippen LogP contribution in [0.1, 0.15) is 56.4 Å². The minimum atomic E-state index is -1.14. The van der Waals surface area contributed by atoms with Crippen LogP contribution in [0.5, 0.6) is 0 Å². The van der Waals surface area contributed by atoms with E-state index in [2.05, 4.69) is 5.32 Å². The van der Waals surface area contributed by atoms with Gasteiger partial charge in [-0.2, -0.15) is 0 Å². The molecule has 1 aliphatic heterocycles. The Morgan fingerprint density at radius 3 is 2.17 bits per heavy atom. The van der Waals surface area contributed by atoms with Crippen LogP contribution in [0, 0.1) is 13.8 Å². The van der Waals surface area contributed by atoms with Crippen LogP contribution in [0.15, 0.2) is 72.8 Å². The molecule has 0 aromatic heterocycles. The smallest absolute Gasteiger partial charge is 0.306 e. The lowest BCUT2D eigenvalue weighted by atomic mass is 10.1. The Balaban J connectivity index is 1.40. The monoisotopic (exact) mass is 470 g/mol. The molecule has 0 aliphatic carbocycles. The Hall–Kier alpha value is -4.26. The number of benzene rings is 3. The maximum atomic E-state index is 13.1. The van der Waals surface area contributed by atoms with Gasteiger partial charge in [-0.15, -0.1) is 0 Å². The van der Waals surface area contributed by atoms with E-state index in [0.717, 1.165) is 16.0 Å². The lowest BCUT2D eigenvalue weighted by Gasteiger charge is -2.19. The minimum Gasteiger partial charge on any atom is -0.447 e. The van der Waals surface area contributed by atoms with E-state index in [4.69, 9.17) is 4.74 Å². The molecular weight excluding hydrogens is 444 g/mol.